The maximum atomic E-state index is 5.36. The van der Waals surface area contributed by atoms with Crippen LogP contribution in [0.3, 0.4) is 0 Å². The Morgan fingerprint density at radius 2 is 1.93 bits per heavy atom. The van der Waals surface area contributed by atoms with Crippen LogP contribution < -0.4 is 5.43 Å². The average Bonchev–Trinajstić information content (AvgIpc) is 2.18. The molecule has 0 amide bonds. The van der Waals surface area contributed by atoms with Crippen LogP contribution >= 0.6 is 0 Å². The number of hydrazine groups is 1. The van der Waals surface area contributed by atoms with E-state index in [1.807, 2.05) is 6.92 Å². The molecule has 0 bridgehead atoms. The van der Waals surface area contributed by atoms with E-state index in [4.69, 9.17) is 4.74 Å². The highest BCUT2D eigenvalue weighted by molar-refractivity contribution is 4.68. The normalized spacial score (nSPS) is 22.5. The molecule has 0 spiro atoms. The Balaban J connectivity index is 2.10. The Hall–Kier alpha value is -0.160. The first-order valence-electron chi connectivity index (χ1n) is 5.49. The van der Waals surface area contributed by atoms with Crippen molar-refractivity contribution >= 4 is 0 Å². The lowest BCUT2D eigenvalue weighted by atomic mass is 10.3. The van der Waals surface area contributed by atoms with E-state index in [0.717, 1.165) is 39.4 Å². The number of hydrogen-bond acceptors (Lipinski definition) is 4. The molecule has 1 atom stereocenters. The van der Waals surface area contributed by atoms with Crippen molar-refractivity contribution in [3.05, 3.63) is 0 Å². The minimum absolute atomic E-state index is 0.415. The third-order valence-corrected chi connectivity index (χ3v) is 2.48. The van der Waals surface area contributed by atoms with Crippen molar-refractivity contribution in [3.8, 4) is 0 Å². The number of nitrogens with zero attached hydrogens (tertiary/aromatic N) is 2. The molecule has 1 aliphatic rings. The predicted molar refractivity (Wildman–Crippen MR) is 58.2 cm³/mol. The molecule has 0 aliphatic carbocycles. The summed E-state index contributed by atoms with van der Waals surface area (Å²) in [5.41, 5.74) is 3.46. The van der Waals surface area contributed by atoms with Gasteiger partial charge in [-0.1, -0.05) is 0 Å². The van der Waals surface area contributed by atoms with Gasteiger partial charge in [0.05, 0.1) is 6.61 Å². The molecule has 4 heteroatoms. The Morgan fingerprint density at radius 3 is 2.50 bits per heavy atom. The molecule has 1 saturated heterocycles. The van der Waals surface area contributed by atoms with Gasteiger partial charge < -0.3 is 9.64 Å². The predicted octanol–water partition coefficient (Wildman–Crippen LogP) is 0.163. The Bertz CT molecular complexity index is 146. The van der Waals surface area contributed by atoms with Gasteiger partial charge in [0.1, 0.15) is 0 Å². The van der Waals surface area contributed by atoms with Crippen LogP contribution in [0.5, 0.6) is 0 Å². The van der Waals surface area contributed by atoms with Crippen molar-refractivity contribution in [2.45, 2.75) is 19.9 Å². The lowest BCUT2D eigenvalue weighted by molar-refractivity contribution is 0.0546. The van der Waals surface area contributed by atoms with E-state index in [9.17, 15) is 0 Å². The number of likely N-dealkylation sites (N-methyl/N-ethyl adjacent to an activating group) is 1. The number of rotatable bonds is 5. The highest BCUT2D eigenvalue weighted by Gasteiger charge is 2.14. The summed E-state index contributed by atoms with van der Waals surface area (Å²) < 4.78 is 5.36. The van der Waals surface area contributed by atoms with Crippen molar-refractivity contribution < 1.29 is 4.74 Å². The standard InChI is InChI=1S/C10H23N3O/c1-4-14-9-10(2)11-13-7-5-12(3)6-8-13/h10-11H,4-9H2,1-3H3. The van der Waals surface area contributed by atoms with E-state index in [2.05, 4.69) is 29.3 Å². The van der Waals surface area contributed by atoms with Gasteiger partial charge in [-0.3, -0.25) is 0 Å². The van der Waals surface area contributed by atoms with Crippen LogP contribution in [-0.4, -0.2) is 62.4 Å². The first-order valence-corrected chi connectivity index (χ1v) is 5.49. The fourth-order valence-corrected chi connectivity index (χ4v) is 1.58. The quantitative estimate of drug-likeness (QED) is 0.686. The van der Waals surface area contributed by atoms with Crippen LogP contribution in [0.2, 0.25) is 0 Å². The van der Waals surface area contributed by atoms with E-state index in [1.165, 1.54) is 0 Å². The van der Waals surface area contributed by atoms with Crippen molar-refractivity contribution in [1.29, 1.82) is 0 Å². The Morgan fingerprint density at radius 1 is 1.29 bits per heavy atom. The topological polar surface area (TPSA) is 27.7 Å². The summed E-state index contributed by atoms with van der Waals surface area (Å²) in [5, 5.41) is 2.30. The summed E-state index contributed by atoms with van der Waals surface area (Å²) >= 11 is 0. The molecule has 14 heavy (non-hydrogen) atoms. The second kappa shape index (κ2) is 6.35. The van der Waals surface area contributed by atoms with E-state index in [1.54, 1.807) is 0 Å². The minimum atomic E-state index is 0.415. The Labute approximate surface area is 87.2 Å². The molecule has 1 unspecified atom stereocenters. The zero-order valence-electron chi connectivity index (χ0n) is 9.62. The molecular weight excluding hydrogens is 178 g/mol. The zero-order valence-corrected chi connectivity index (χ0v) is 9.62. The number of nitrogens with one attached hydrogen (secondary N) is 1. The van der Waals surface area contributed by atoms with Crippen LogP contribution in [-0.2, 0) is 4.74 Å². The second-order valence-electron chi connectivity index (χ2n) is 3.98. The summed E-state index contributed by atoms with van der Waals surface area (Å²) in [6.45, 7) is 10.3. The maximum Gasteiger partial charge on any atom is 0.0630 e. The highest BCUT2D eigenvalue weighted by atomic mass is 16.5. The zero-order chi connectivity index (χ0) is 10.4. The van der Waals surface area contributed by atoms with Gasteiger partial charge in [0, 0.05) is 38.8 Å². The average molecular weight is 201 g/mol. The summed E-state index contributed by atoms with van der Waals surface area (Å²) in [6, 6.07) is 0.415. The SMILES string of the molecule is CCOCC(C)NN1CCN(C)CC1. The molecule has 84 valence electrons. The molecule has 1 rings (SSSR count). The van der Waals surface area contributed by atoms with Crippen LogP contribution in [0.4, 0.5) is 0 Å². The first-order chi connectivity index (χ1) is 6.72. The molecule has 0 saturated carbocycles. The first kappa shape index (κ1) is 11.9. The lowest BCUT2D eigenvalue weighted by Crippen LogP contribution is -2.54. The Kier molecular flexibility index (Phi) is 5.40. The van der Waals surface area contributed by atoms with Crippen molar-refractivity contribution in [2.24, 2.45) is 0 Å². The second-order valence-corrected chi connectivity index (χ2v) is 3.98. The van der Waals surface area contributed by atoms with Gasteiger partial charge >= 0.3 is 0 Å². The molecule has 1 aliphatic heterocycles. The molecule has 0 radical (unpaired) electrons. The van der Waals surface area contributed by atoms with Crippen molar-refractivity contribution in [2.75, 3.05) is 46.4 Å². The fraction of sp³-hybridized carbons (Fsp3) is 1.00. The van der Waals surface area contributed by atoms with E-state index >= 15 is 0 Å². The third kappa shape index (κ3) is 4.37. The highest BCUT2D eigenvalue weighted by Crippen LogP contribution is 1.97. The number of hydrogen-bond donors (Lipinski definition) is 1. The fourth-order valence-electron chi connectivity index (χ4n) is 1.58. The van der Waals surface area contributed by atoms with Gasteiger partial charge in [0.25, 0.3) is 0 Å². The molecule has 0 aromatic rings. The van der Waals surface area contributed by atoms with E-state index in [0.29, 0.717) is 6.04 Å². The van der Waals surface area contributed by atoms with Gasteiger partial charge in [-0.05, 0) is 20.9 Å². The van der Waals surface area contributed by atoms with Gasteiger partial charge in [-0.25, -0.2) is 10.4 Å². The largest absolute Gasteiger partial charge is 0.380 e. The number of piperazine rings is 1. The lowest BCUT2D eigenvalue weighted by Gasteiger charge is -2.34. The van der Waals surface area contributed by atoms with E-state index < -0.39 is 0 Å². The van der Waals surface area contributed by atoms with Crippen LogP contribution in [0.15, 0.2) is 0 Å². The molecule has 1 heterocycles. The molecule has 1 fully saturated rings. The smallest absolute Gasteiger partial charge is 0.0630 e. The van der Waals surface area contributed by atoms with Gasteiger partial charge in [-0.15, -0.1) is 0 Å². The van der Waals surface area contributed by atoms with Gasteiger partial charge in [0.15, 0.2) is 0 Å². The molecule has 1 N–H and O–H groups in total. The monoisotopic (exact) mass is 201 g/mol. The summed E-state index contributed by atoms with van der Waals surface area (Å²) in [6.07, 6.45) is 0. The molecular formula is C10H23N3O. The van der Waals surface area contributed by atoms with Gasteiger partial charge in [0.2, 0.25) is 0 Å². The number of ether oxygens (including phenoxy) is 1. The third-order valence-electron chi connectivity index (χ3n) is 2.48. The molecule has 4 nitrogen and oxygen atoms in total. The van der Waals surface area contributed by atoms with Crippen molar-refractivity contribution in [3.63, 3.8) is 0 Å². The summed E-state index contributed by atoms with van der Waals surface area (Å²) in [4.78, 5) is 2.35. The molecule has 0 aromatic heterocycles. The van der Waals surface area contributed by atoms with Gasteiger partial charge in [-0.2, -0.15) is 0 Å². The van der Waals surface area contributed by atoms with E-state index in [-0.39, 0.29) is 0 Å². The van der Waals surface area contributed by atoms with Crippen LogP contribution in [0.25, 0.3) is 0 Å². The van der Waals surface area contributed by atoms with Crippen LogP contribution in [0, 0.1) is 0 Å². The minimum Gasteiger partial charge on any atom is -0.380 e. The summed E-state index contributed by atoms with van der Waals surface area (Å²) in [5.74, 6) is 0. The maximum absolute atomic E-state index is 5.36. The summed E-state index contributed by atoms with van der Waals surface area (Å²) in [7, 11) is 2.17. The molecule has 0 aromatic carbocycles. The van der Waals surface area contributed by atoms with Crippen molar-refractivity contribution in [1.82, 2.24) is 15.3 Å². The van der Waals surface area contributed by atoms with Crippen LogP contribution in [0.1, 0.15) is 13.8 Å².